The standard InChI is InChI=1S/C12H20N2S/c1-5-6-13-11(7-9(2)3)12-10(4)14-8-15-12/h8,11,13H,2,5-7H2,1,3-4H3. The summed E-state index contributed by atoms with van der Waals surface area (Å²) in [6, 6.07) is 0.398. The minimum atomic E-state index is 0.398. The molecule has 0 saturated carbocycles. The van der Waals surface area contributed by atoms with Crippen molar-refractivity contribution in [2.75, 3.05) is 6.54 Å². The Labute approximate surface area is 96.4 Å². The number of hydrogen-bond donors (Lipinski definition) is 1. The Morgan fingerprint density at radius 3 is 2.87 bits per heavy atom. The second-order valence-corrected chi connectivity index (χ2v) is 4.86. The van der Waals surface area contributed by atoms with Gasteiger partial charge in [0.1, 0.15) is 0 Å². The average Bonchev–Trinajstić information content (AvgIpc) is 2.58. The van der Waals surface area contributed by atoms with Gasteiger partial charge in [0.25, 0.3) is 0 Å². The number of rotatable bonds is 6. The quantitative estimate of drug-likeness (QED) is 0.749. The van der Waals surface area contributed by atoms with Crippen LogP contribution in [0.4, 0.5) is 0 Å². The van der Waals surface area contributed by atoms with Crippen LogP contribution in [-0.4, -0.2) is 11.5 Å². The largest absolute Gasteiger partial charge is 0.309 e. The maximum absolute atomic E-state index is 4.30. The molecule has 1 unspecified atom stereocenters. The summed E-state index contributed by atoms with van der Waals surface area (Å²) in [5.74, 6) is 0. The van der Waals surface area contributed by atoms with E-state index in [0.29, 0.717) is 6.04 Å². The van der Waals surface area contributed by atoms with Crippen molar-refractivity contribution in [1.29, 1.82) is 0 Å². The summed E-state index contributed by atoms with van der Waals surface area (Å²) in [5.41, 5.74) is 4.29. The molecule has 15 heavy (non-hydrogen) atoms. The molecule has 0 spiro atoms. The first-order valence-corrected chi connectivity index (χ1v) is 6.30. The maximum Gasteiger partial charge on any atom is 0.0798 e. The van der Waals surface area contributed by atoms with E-state index in [0.717, 1.165) is 25.1 Å². The minimum absolute atomic E-state index is 0.398. The highest BCUT2D eigenvalue weighted by atomic mass is 32.1. The molecule has 1 rings (SSSR count). The molecule has 1 heterocycles. The Balaban J connectivity index is 2.71. The van der Waals surface area contributed by atoms with Crippen molar-refractivity contribution in [1.82, 2.24) is 10.3 Å². The van der Waals surface area contributed by atoms with Crippen LogP contribution < -0.4 is 5.32 Å². The van der Waals surface area contributed by atoms with Gasteiger partial charge in [0.05, 0.1) is 11.2 Å². The molecule has 2 nitrogen and oxygen atoms in total. The van der Waals surface area contributed by atoms with Crippen molar-refractivity contribution in [2.45, 2.75) is 39.7 Å². The molecule has 1 aromatic heterocycles. The second kappa shape index (κ2) is 6.03. The van der Waals surface area contributed by atoms with Crippen molar-refractivity contribution in [3.05, 3.63) is 28.2 Å². The van der Waals surface area contributed by atoms with Crippen molar-refractivity contribution in [2.24, 2.45) is 0 Å². The normalized spacial score (nSPS) is 12.7. The van der Waals surface area contributed by atoms with Gasteiger partial charge in [0, 0.05) is 10.9 Å². The molecule has 0 fully saturated rings. The van der Waals surface area contributed by atoms with Gasteiger partial charge in [-0.1, -0.05) is 12.5 Å². The van der Waals surface area contributed by atoms with E-state index in [1.54, 1.807) is 11.3 Å². The van der Waals surface area contributed by atoms with E-state index < -0.39 is 0 Å². The van der Waals surface area contributed by atoms with E-state index in [1.807, 2.05) is 5.51 Å². The number of aromatic nitrogens is 1. The van der Waals surface area contributed by atoms with Crippen LogP contribution in [-0.2, 0) is 0 Å². The lowest BCUT2D eigenvalue weighted by molar-refractivity contribution is 0.532. The number of nitrogens with one attached hydrogen (secondary N) is 1. The van der Waals surface area contributed by atoms with Crippen LogP contribution in [0.1, 0.15) is 43.3 Å². The molecule has 0 aliphatic carbocycles. The Morgan fingerprint density at radius 1 is 1.67 bits per heavy atom. The SMILES string of the molecule is C=C(C)CC(NCCC)c1scnc1C. The lowest BCUT2D eigenvalue weighted by atomic mass is 10.1. The van der Waals surface area contributed by atoms with Crippen LogP contribution in [0.2, 0.25) is 0 Å². The molecule has 0 saturated heterocycles. The van der Waals surface area contributed by atoms with Crippen molar-refractivity contribution < 1.29 is 0 Å². The number of thiazole rings is 1. The number of hydrogen-bond acceptors (Lipinski definition) is 3. The molecule has 1 atom stereocenters. The molecule has 0 aliphatic rings. The molecule has 0 radical (unpaired) electrons. The van der Waals surface area contributed by atoms with Gasteiger partial charge in [0.2, 0.25) is 0 Å². The van der Waals surface area contributed by atoms with Crippen LogP contribution in [0, 0.1) is 6.92 Å². The molecule has 1 N–H and O–H groups in total. The zero-order chi connectivity index (χ0) is 11.3. The van der Waals surface area contributed by atoms with Crippen LogP contribution in [0.15, 0.2) is 17.7 Å². The Bertz CT molecular complexity index is 317. The zero-order valence-corrected chi connectivity index (χ0v) is 10.7. The van der Waals surface area contributed by atoms with E-state index >= 15 is 0 Å². The molecular weight excluding hydrogens is 204 g/mol. The maximum atomic E-state index is 4.30. The minimum Gasteiger partial charge on any atom is -0.309 e. The summed E-state index contributed by atoms with van der Waals surface area (Å²) >= 11 is 1.74. The summed E-state index contributed by atoms with van der Waals surface area (Å²) in [4.78, 5) is 5.65. The highest BCUT2D eigenvalue weighted by Crippen LogP contribution is 2.26. The summed E-state index contributed by atoms with van der Waals surface area (Å²) in [6.07, 6.45) is 2.16. The number of aryl methyl sites for hydroxylation is 1. The van der Waals surface area contributed by atoms with E-state index in [1.165, 1.54) is 10.5 Å². The first kappa shape index (κ1) is 12.4. The lowest BCUT2D eigenvalue weighted by Crippen LogP contribution is -2.22. The molecule has 1 aromatic rings. The molecule has 0 aliphatic heterocycles. The lowest BCUT2D eigenvalue weighted by Gasteiger charge is -2.17. The fourth-order valence-corrected chi connectivity index (χ4v) is 2.45. The highest BCUT2D eigenvalue weighted by Gasteiger charge is 2.15. The van der Waals surface area contributed by atoms with Gasteiger partial charge in [-0.05, 0) is 33.2 Å². The van der Waals surface area contributed by atoms with Gasteiger partial charge in [-0.25, -0.2) is 4.98 Å². The van der Waals surface area contributed by atoms with Gasteiger partial charge in [-0.2, -0.15) is 0 Å². The first-order chi connectivity index (χ1) is 7.15. The Kier molecular flexibility index (Phi) is 4.99. The van der Waals surface area contributed by atoms with E-state index in [-0.39, 0.29) is 0 Å². The van der Waals surface area contributed by atoms with E-state index in [9.17, 15) is 0 Å². The monoisotopic (exact) mass is 224 g/mol. The van der Waals surface area contributed by atoms with E-state index in [2.05, 4.69) is 37.7 Å². The highest BCUT2D eigenvalue weighted by molar-refractivity contribution is 7.09. The zero-order valence-electron chi connectivity index (χ0n) is 9.84. The smallest absolute Gasteiger partial charge is 0.0798 e. The fourth-order valence-electron chi connectivity index (χ4n) is 1.57. The van der Waals surface area contributed by atoms with Gasteiger partial charge >= 0.3 is 0 Å². The van der Waals surface area contributed by atoms with Crippen LogP contribution >= 0.6 is 11.3 Å². The van der Waals surface area contributed by atoms with Crippen LogP contribution in [0.25, 0.3) is 0 Å². The van der Waals surface area contributed by atoms with Gasteiger partial charge in [-0.15, -0.1) is 17.9 Å². The third kappa shape index (κ3) is 3.76. The third-order valence-electron chi connectivity index (χ3n) is 2.29. The first-order valence-electron chi connectivity index (χ1n) is 5.42. The number of nitrogens with zero attached hydrogens (tertiary/aromatic N) is 1. The molecular formula is C12H20N2S. The third-order valence-corrected chi connectivity index (χ3v) is 3.34. The van der Waals surface area contributed by atoms with Crippen molar-refractivity contribution >= 4 is 11.3 Å². The summed E-state index contributed by atoms with van der Waals surface area (Å²) in [7, 11) is 0. The molecule has 0 amide bonds. The van der Waals surface area contributed by atoms with Crippen LogP contribution in [0.3, 0.4) is 0 Å². The molecule has 3 heteroatoms. The Morgan fingerprint density at radius 2 is 2.40 bits per heavy atom. The molecule has 84 valence electrons. The molecule has 0 bridgehead atoms. The average molecular weight is 224 g/mol. The van der Waals surface area contributed by atoms with Gasteiger partial charge < -0.3 is 5.32 Å². The van der Waals surface area contributed by atoms with Crippen LogP contribution in [0.5, 0.6) is 0 Å². The van der Waals surface area contributed by atoms with Gasteiger partial charge in [0.15, 0.2) is 0 Å². The predicted octanol–water partition coefficient (Wildman–Crippen LogP) is 3.46. The Hall–Kier alpha value is -0.670. The van der Waals surface area contributed by atoms with Gasteiger partial charge in [-0.3, -0.25) is 0 Å². The summed E-state index contributed by atoms with van der Waals surface area (Å²) < 4.78 is 0. The van der Waals surface area contributed by atoms with Crippen molar-refractivity contribution in [3.8, 4) is 0 Å². The second-order valence-electron chi connectivity index (χ2n) is 3.97. The molecule has 0 aromatic carbocycles. The predicted molar refractivity (Wildman–Crippen MR) is 67.3 cm³/mol. The fraction of sp³-hybridized carbons (Fsp3) is 0.583. The topological polar surface area (TPSA) is 24.9 Å². The summed E-state index contributed by atoms with van der Waals surface area (Å²) in [5, 5.41) is 3.55. The van der Waals surface area contributed by atoms with Crippen molar-refractivity contribution in [3.63, 3.8) is 0 Å². The summed E-state index contributed by atoms with van der Waals surface area (Å²) in [6.45, 7) is 11.4. The van der Waals surface area contributed by atoms with E-state index in [4.69, 9.17) is 0 Å².